The summed E-state index contributed by atoms with van der Waals surface area (Å²) in [7, 11) is 0. The van der Waals surface area contributed by atoms with Crippen molar-refractivity contribution in [3.63, 3.8) is 0 Å². The second-order valence-electron chi connectivity index (χ2n) is 4.81. The summed E-state index contributed by atoms with van der Waals surface area (Å²) in [5.41, 5.74) is 5.54. The van der Waals surface area contributed by atoms with Crippen LogP contribution in [0.3, 0.4) is 0 Å². The highest BCUT2D eigenvalue weighted by molar-refractivity contribution is 6.33. The van der Waals surface area contributed by atoms with Gasteiger partial charge in [0.05, 0.1) is 17.3 Å². The first kappa shape index (κ1) is 16.5. The van der Waals surface area contributed by atoms with Crippen molar-refractivity contribution in [1.29, 1.82) is 0 Å². The van der Waals surface area contributed by atoms with Gasteiger partial charge in [0.1, 0.15) is 11.9 Å². The van der Waals surface area contributed by atoms with E-state index < -0.39 is 12.5 Å². The molecule has 1 aromatic rings. The SMILES string of the molecule is NC(=O)OC1CCCN(c2ccc(OC(F)(F)F)cc2Cl)C1. The third-order valence-corrected chi connectivity index (χ3v) is 3.46. The molecule has 9 heteroatoms. The van der Waals surface area contributed by atoms with Crippen molar-refractivity contribution in [2.45, 2.75) is 25.3 Å². The molecule has 1 saturated heterocycles. The number of rotatable bonds is 3. The zero-order valence-electron chi connectivity index (χ0n) is 11.4. The molecule has 1 unspecified atom stereocenters. The summed E-state index contributed by atoms with van der Waals surface area (Å²) in [6, 6.07) is 3.73. The number of alkyl halides is 3. The van der Waals surface area contributed by atoms with Gasteiger partial charge in [-0.05, 0) is 25.0 Å². The zero-order chi connectivity index (χ0) is 16.3. The Kier molecular flexibility index (Phi) is 4.90. The van der Waals surface area contributed by atoms with Crippen molar-refractivity contribution in [2.75, 3.05) is 18.0 Å². The van der Waals surface area contributed by atoms with Crippen LogP contribution in [0.2, 0.25) is 5.02 Å². The lowest BCUT2D eigenvalue weighted by Crippen LogP contribution is -2.41. The standard InChI is InChI=1S/C13H14ClF3N2O3/c14-10-6-8(22-13(15,16)17)3-4-11(10)19-5-1-2-9(7-19)21-12(18)20/h3-4,6,9H,1-2,5,7H2,(H2,18,20). The van der Waals surface area contributed by atoms with Gasteiger partial charge in [0, 0.05) is 12.6 Å². The third kappa shape index (κ3) is 4.59. The molecule has 0 bridgehead atoms. The molecule has 5 nitrogen and oxygen atoms in total. The molecule has 0 saturated carbocycles. The molecule has 1 atom stereocenters. The maximum atomic E-state index is 12.2. The lowest BCUT2D eigenvalue weighted by molar-refractivity contribution is -0.274. The minimum atomic E-state index is -4.77. The number of amides is 1. The number of piperidine rings is 1. The van der Waals surface area contributed by atoms with Crippen LogP contribution >= 0.6 is 11.6 Å². The molecule has 1 aliphatic rings. The minimum absolute atomic E-state index is 0.126. The monoisotopic (exact) mass is 338 g/mol. The number of anilines is 1. The van der Waals surface area contributed by atoms with Crippen LogP contribution in [0.1, 0.15) is 12.8 Å². The van der Waals surface area contributed by atoms with Gasteiger partial charge in [-0.3, -0.25) is 0 Å². The van der Waals surface area contributed by atoms with Crippen molar-refractivity contribution in [1.82, 2.24) is 0 Å². The fraction of sp³-hybridized carbons (Fsp3) is 0.462. The second kappa shape index (κ2) is 6.51. The van der Waals surface area contributed by atoms with Gasteiger partial charge in [0.2, 0.25) is 0 Å². The number of nitrogens with two attached hydrogens (primary N) is 1. The quantitative estimate of drug-likeness (QED) is 0.918. The molecule has 1 heterocycles. The van der Waals surface area contributed by atoms with E-state index in [-0.39, 0.29) is 16.9 Å². The highest BCUT2D eigenvalue weighted by atomic mass is 35.5. The molecule has 2 N–H and O–H groups in total. The smallest absolute Gasteiger partial charge is 0.445 e. The van der Waals surface area contributed by atoms with Crippen LogP contribution in [0.15, 0.2) is 18.2 Å². The molecule has 0 radical (unpaired) electrons. The molecular formula is C13H14ClF3N2O3. The number of halogens is 4. The second-order valence-corrected chi connectivity index (χ2v) is 5.22. The summed E-state index contributed by atoms with van der Waals surface area (Å²) in [5.74, 6) is -0.386. The van der Waals surface area contributed by atoms with E-state index >= 15 is 0 Å². The molecule has 0 aliphatic carbocycles. The Morgan fingerprint density at radius 3 is 2.73 bits per heavy atom. The van der Waals surface area contributed by atoms with Gasteiger partial charge in [-0.25, -0.2) is 4.79 Å². The molecule has 1 aliphatic heterocycles. The summed E-state index contributed by atoms with van der Waals surface area (Å²) in [4.78, 5) is 12.6. The summed E-state index contributed by atoms with van der Waals surface area (Å²) in [5, 5.41) is 0.126. The summed E-state index contributed by atoms with van der Waals surface area (Å²) in [6.45, 7) is 1.03. The van der Waals surface area contributed by atoms with E-state index in [1.165, 1.54) is 12.1 Å². The van der Waals surface area contributed by atoms with E-state index in [1.807, 2.05) is 4.90 Å². The molecule has 1 amide bonds. The predicted octanol–water partition coefficient (Wildman–Crippen LogP) is 3.30. The van der Waals surface area contributed by atoms with Gasteiger partial charge in [0.15, 0.2) is 0 Å². The number of hydrogen-bond acceptors (Lipinski definition) is 4. The number of primary amides is 1. The number of carbonyl (C=O) groups is 1. The topological polar surface area (TPSA) is 64.8 Å². The Morgan fingerprint density at radius 2 is 2.14 bits per heavy atom. The average Bonchev–Trinajstić information content (AvgIpc) is 2.36. The Bertz CT molecular complexity index is 554. The van der Waals surface area contributed by atoms with E-state index in [9.17, 15) is 18.0 Å². The fourth-order valence-corrected chi connectivity index (χ4v) is 2.65. The van der Waals surface area contributed by atoms with Gasteiger partial charge in [-0.2, -0.15) is 0 Å². The number of hydrogen-bond donors (Lipinski definition) is 1. The van der Waals surface area contributed by atoms with Gasteiger partial charge in [0.25, 0.3) is 0 Å². The first-order valence-electron chi connectivity index (χ1n) is 6.51. The summed E-state index contributed by atoms with van der Waals surface area (Å²) in [6.07, 6.45) is -4.57. The van der Waals surface area contributed by atoms with E-state index in [0.29, 0.717) is 25.2 Å². The number of carbonyl (C=O) groups excluding carboxylic acids is 1. The maximum Gasteiger partial charge on any atom is 0.573 e. The van der Waals surface area contributed by atoms with Gasteiger partial charge in [-0.15, -0.1) is 13.2 Å². The average molecular weight is 339 g/mol. The normalized spacial score (nSPS) is 18.9. The molecular weight excluding hydrogens is 325 g/mol. The molecule has 22 heavy (non-hydrogen) atoms. The maximum absolute atomic E-state index is 12.2. The van der Waals surface area contributed by atoms with E-state index in [1.54, 1.807) is 0 Å². The predicted molar refractivity (Wildman–Crippen MR) is 74.0 cm³/mol. The number of nitrogens with zero attached hydrogens (tertiary/aromatic N) is 1. The van der Waals surface area contributed by atoms with Crippen LogP contribution in [-0.4, -0.2) is 31.6 Å². The summed E-state index contributed by atoms with van der Waals surface area (Å²) < 4.78 is 45.3. The highest BCUT2D eigenvalue weighted by Gasteiger charge is 2.31. The Balaban J connectivity index is 2.10. The first-order chi connectivity index (χ1) is 10.2. The van der Waals surface area contributed by atoms with E-state index in [4.69, 9.17) is 22.1 Å². The number of benzene rings is 1. The molecule has 1 fully saturated rings. The summed E-state index contributed by atoms with van der Waals surface area (Å²) >= 11 is 6.02. The van der Waals surface area contributed by atoms with Gasteiger partial charge in [-0.1, -0.05) is 11.6 Å². The van der Waals surface area contributed by atoms with Crippen molar-refractivity contribution >= 4 is 23.4 Å². The fourth-order valence-electron chi connectivity index (χ4n) is 2.36. The van der Waals surface area contributed by atoms with Crippen molar-refractivity contribution < 1.29 is 27.4 Å². The Morgan fingerprint density at radius 1 is 1.41 bits per heavy atom. The Labute approximate surface area is 129 Å². The highest BCUT2D eigenvalue weighted by Crippen LogP contribution is 2.33. The van der Waals surface area contributed by atoms with Crippen molar-refractivity contribution in [2.24, 2.45) is 5.73 Å². The van der Waals surface area contributed by atoms with Crippen molar-refractivity contribution in [3.8, 4) is 5.75 Å². The molecule has 1 aromatic carbocycles. The van der Waals surface area contributed by atoms with Crippen LogP contribution in [-0.2, 0) is 4.74 Å². The van der Waals surface area contributed by atoms with Crippen LogP contribution in [0, 0.1) is 0 Å². The zero-order valence-corrected chi connectivity index (χ0v) is 12.2. The molecule has 0 aromatic heterocycles. The molecule has 122 valence electrons. The van der Waals surface area contributed by atoms with Crippen molar-refractivity contribution in [3.05, 3.63) is 23.2 Å². The van der Waals surface area contributed by atoms with Crippen LogP contribution in [0.5, 0.6) is 5.75 Å². The molecule has 2 rings (SSSR count). The third-order valence-electron chi connectivity index (χ3n) is 3.15. The first-order valence-corrected chi connectivity index (χ1v) is 6.89. The minimum Gasteiger partial charge on any atom is -0.445 e. The molecule has 0 spiro atoms. The number of ether oxygens (including phenoxy) is 2. The van der Waals surface area contributed by atoms with Crippen LogP contribution < -0.4 is 15.4 Å². The van der Waals surface area contributed by atoms with E-state index in [2.05, 4.69) is 4.74 Å². The van der Waals surface area contributed by atoms with Gasteiger partial charge >= 0.3 is 12.5 Å². The van der Waals surface area contributed by atoms with E-state index in [0.717, 1.165) is 12.5 Å². The Hall–Kier alpha value is -1.83. The van der Waals surface area contributed by atoms with Gasteiger partial charge < -0.3 is 20.1 Å². The lowest BCUT2D eigenvalue weighted by atomic mass is 10.1. The largest absolute Gasteiger partial charge is 0.573 e. The van der Waals surface area contributed by atoms with Crippen LogP contribution in [0.4, 0.5) is 23.7 Å². The lowest BCUT2D eigenvalue weighted by Gasteiger charge is -2.34. The van der Waals surface area contributed by atoms with Crippen LogP contribution in [0.25, 0.3) is 0 Å².